The minimum Gasteiger partial charge on any atom is -0.354 e. The fourth-order valence-electron chi connectivity index (χ4n) is 2.57. The third-order valence-electron chi connectivity index (χ3n) is 3.49. The Labute approximate surface area is 124 Å². The van der Waals surface area contributed by atoms with Gasteiger partial charge in [0.2, 0.25) is 0 Å². The van der Waals surface area contributed by atoms with Crippen LogP contribution in [-0.2, 0) is 0 Å². The predicted octanol–water partition coefficient (Wildman–Crippen LogP) is 4.99. The summed E-state index contributed by atoms with van der Waals surface area (Å²) in [5.74, 6) is 0. The number of benzene rings is 2. The minimum absolute atomic E-state index is 1.17. The van der Waals surface area contributed by atoms with Crippen molar-refractivity contribution in [2.45, 2.75) is 0 Å². The largest absolute Gasteiger partial charge is 0.354 e. The van der Waals surface area contributed by atoms with Crippen LogP contribution in [0.5, 0.6) is 0 Å². The highest BCUT2D eigenvalue weighted by atomic mass is 127. The van der Waals surface area contributed by atoms with Gasteiger partial charge < -0.3 is 4.98 Å². The predicted molar refractivity (Wildman–Crippen MR) is 88.6 cm³/mol. The van der Waals surface area contributed by atoms with Crippen molar-refractivity contribution in [2.75, 3.05) is 0 Å². The van der Waals surface area contributed by atoms with Gasteiger partial charge in [-0.2, -0.15) is 0 Å². The topological polar surface area (TPSA) is 20.7 Å². The standard InChI is InChI=1S/C16H11IN2/c17-19-10-13(12-6-2-4-8-16(12)19)15-9-11-5-1-3-7-14(11)18-15/h1-10,18H. The molecule has 4 aromatic rings. The number of H-pyrrole nitrogens is 1. The number of hydrogen-bond donors (Lipinski definition) is 1. The Balaban J connectivity index is 2.04. The van der Waals surface area contributed by atoms with Gasteiger partial charge in [0, 0.05) is 33.7 Å². The fourth-order valence-corrected chi connectivity index (χ4v) is 3.27. The van der Waals surface area contributed by atoms with E-state index in [-0.39, 0.29) is 0 Å². The molecule has 0 bridgehead atoms. The van der Waals surface area contributed by atoms with Crippen LogP contribution in [0.1, 0.15) is 0 Å². The fraction of sp³-hybridized carbons (Fsp3) is 0. The normalized spacial score (nSPS) is 11.4. The highest BCUT2D eigenvalue weighted by molar-refractivity contribution is 14.1. The van der Waals surface area contributed by atoms with Crippen LogP contribution in [0, 0.1) is 0 Å². The molecule has 1 N–H and O–H groups in total. The lowest BCUT2D eigenvalue weighted by molar-refractivity contribution is 1.40. The van der Waals surface area contributed by atoms with E-state index in [9.17, 15) is 0 Å². The average molecular weight is 358 g/mol. The molecule has 2 aromatic carbocycles. The van der Waals surface area contributed by atoms with Gasteiger partial charge in [-0.3, -0.25) is 2.78 Å². The summed E-state index contributed by atoms with van der Waals surface area (Å²) in [5, 5.41) is 2.53. The summed E-state index contributed by atoms with van der Waals surface area (Å²) < 4.78 is 2.15. The van der Waals surface area contributed by atoms with E-state index in [1.54, 1.807) is 0 Å². The zero-order valence-corrected chi connectivity index (χ0v) is 12.3. The molecule has 19 heavy (non-hydrogen) atoms. The lowest BCUT2D eigenvalue weighted by Gasteiger charge is -1.94. The van der Waals surface area contributed by atoms with Crippen molar-refractivity contribution < 1.29 is 0 Å². The molecule has 2 heterocycles. The Bertz CT molecular complexity index is 853. The molecule has 0 fully saturated rings. The van der Waals surface area contributed by atoms with E-state index in [0.29, 0.717) is 0 Å². The van der Waals surface area contributed by atoms with Gasteiger partial charge in [-0.25, -0.2) is 0 Å². The van der Waals surface area contributed by atoms with E-state index in [4.69, 9.17) is 0 Å². The molecule has 0 aliphatic carbocycles. The SMILES string of the molecule is In1cc(-c2cc3ccccc3[nH]2)c2ccccc21. The molecule has 0 spiro atoms. The molecule has 0 saturated carbocycles. The molecule has 4 rings (SSSR count). The molecular formula is C16H11IN2. The van der Waals surface area contributed by atoms with Gasteiger partial charge in [-0.15, -0.1) is 0 Å². The van der Waals surface area contributed by atoms with Gasteiger partial charge in [-0.05, 0) is 18.2 Å². The third kappa shape index (κ3) is 1.69. The Morgan fingerprint density at radius 3 is 2.63 bits per heavy atom. The van der Waals surface area contributed by atoms with Crippen molar-refractivity contribution in [3.8, 4) is 11.3 Å². The number of hydrogen-bond acceptors (Lipinski definition) is 0. The second-order valence-electron chi connectivity index (χ2n) is 4.64. The van der Waals surface area contributed by atoms with E-state index < -0.39 is 0 Å². The summed E-state index contributed by atoms with van der Waals surface area (Å²) in [6.07, 6.45) is 2.18. The number of aromatic nitrogens is 2. The summed E-state index contributed by atoms with van der Waals surface area (Å²) in [4.78, 5) is 3.50. The summed E-state index contributed by atoms with van der Waals surface area (Å²) in [7, 11) is 0. The number of rotatable bonds is 1. The average Bonchev–Trinajstić information content (AvgIpc) is 3.01. The molecule has 2 nitrogen and oxygen atoms in total. The Morgan fingerprint density at radius 2 is 1.74 bits per heavy atom. The zero-order chi connectivity index (χ0) is 12.8. The lowest BCUT2D eigenvalue weighted by atomic mass is 10.1. The Morgan fingerprint density at radius 1 is 0.947 bits per heavy atom. The first-order valence-corrected chi connectivity index (χ1v) is 7.14. The van der Waals surface area contributed by atoms with Crippen molar-refractivity contribution in [3.05, 3.63) is 60.8 Å². The van der Waals surface area contributed by atoms with Crippen LogP contribution >= 0.6 is 22.9 Å². The summed E-state index contributed by atoms with van der Waals surface area (Å²) in [5.41, 5.74) is 4.86. The summed E-state index contributed by atoms with van der Waals surface area (Å²) in [6.45, 7) is 0. The third-order valence-corrected chi connectivity index (χ3v) is 4.29. The van der Waals surface area contributed by atoms with Crippen molar-refractivity contribution in [1.29, 1.82) is 0 Å². The second kappa shape index (κ2) is 4.13. The van der Waals surface area contributed by atoms with Crippen LogP contribution in [0.2, 0.25) is 0 Å². The molecule has 0 unspecified atom stereocenters. The highest BCUT2D eigenvalue weighted by Crippen LogP contribution is 2.32. The monoisotopic (exact) mass is 358 g/mol. The quantitative estimate of drug-likeness (QED) is 0.463. The minimum atomic E-state index is 1.17. The number of fused-ring (bicyclic) bond motifs is 2. The number of nitrogens with one attached hydrogen (secondary N) is 1. The molecule has 0 saturated heterocycles. The van der Waals surface area contributed by atoms with Crippen LogP contribution in [-0.4, -0.2) is 7.76 Å². The van der Waals surface area contributed by atoms with Crippen LogP contribution in [0.15, 0.2) is 60.8 Å². The maximum atomic E-state index is 3.50. The molecule has 0 aliphatic heterocycles. The number of aromatic amines is 1. The Hall–Kier alpha value is -1.75. The van der Waals surface area contributed by atoms with Crippen molar-refractivity contribution >= 4 is 44.7 Å². The van der Waals surface area contributed by atoms with E-state index in [0.717, 1.165) is 0 Å². The molecule has 3 heteroatoms. The van der Waals surface area contributed by atoms with E-state index in [1.807, 2.05) is 0 Å². The maximum absolute atomic E-state index is 3.50. The van der Waals surface area contributed by atoms with Gasteiger partial charge in [0.15, 0.2) is 0 Å². The van der Waals surface area contributed by atoms with Crippen molar-refractivity contribution in [2.24, 2.45) is 0 Å². The van der Waals surface area contributed by atoms with Gasteiger partial charge in [0.05, 0.1) is 28.4 Å². The first-order valence-electron chi connectivity index (χ1n) is 6.17. The van der Waals surface area contributed by atoms with Crippen molar-refractivity contribution in [1.82, 2.24) is 7.76 Å². The van der Waals surface area contributed by atoms with Gasteiger partial charge >= 0.3 is 0 Å². The van der Waals surface area contributed by atoms with Crippen molar-refractivity contribution in [3.63, 3.8) is 0 Å². The van der Waals surface area contributed by atoms with E-state index >= 15 is 0 Å². The second-order valence-corrected chi connectivity index (χ2v) is 5.68. The molecule has 0 amide bonds. The van der Waals surface area contributed by atoms with Gasteiger partial charge in [-0.1, -0.05) is 36.4 Å². The smallest absolute Gasteiger partial charge is 0.0640 e. The lowest BCUT2D eigenvalue weighted by Crippen LogP contribution is -1.73. The van der Waals surface area contributed by atoms with Gasteiger partial charge in [0.25, 0.3) is 0 Å². The zero-order valence-electron chi connectivity index (χ0n) is 10.1. The number of halogens is 1. The molecule has 0 atom stereocenters. The van der Waals surface area contributed by atoms with E-state index in [1.165, 1.54) is 33.1 Å². The van der Waals surface area contributed by atoms with E-state index in [2.05, 4.69) is 91.4 Å². The summed E-state index contributed by atoms with van der Waals surface area (Å²) >= 11 is 2.33. The molecule has 0 aliphatic rings. The molecule has 0 radical (unpaired) electrons. The molecule has 92 valence electrons. The first kappa shape index (κ1) is 11.1. The first-order chi connectivity index (χ1) is 9.33. The van der Waals surface area contributed by atoms with Crippen LogP contribution < -0.4 is 0 Å². The number of nitrogens with zero attached hydrogens (tertiary/aromatic N) is 1. The number of para-hydroxylation sites is 2. The molecular weight excluding hydrogens is 347 g/mol. The van der Waals surface area contributed by atoms with Crippen LogP contribution in [0.3, 0.4) is 0 Å². The van der Waals surface area contributed by atoms with Crippen LogP contribution in [0.25, 0.3) is 33.1 Å². The summed E-state index contributed by atoms with van der Waals surface area (Å²) in [6, 6.07) is 19.1. The highest BCUT2D eigenvalue weighted by Gasteiger charge is 2.10. The van der Waals surface area contributed by atoms with Gasteiger partial charge in [0.1, 0.15) is 0 Å². The van der Waals surface area contributed by atoms with Crippen LogP contribution in [0.4, 0.5) is 0 Å². The Kier molecular flexibility index (Phi) is 2.41. The molecule has 2 aromatic heterocycles. The maximum Gasteiger partial charge on any atom is 0.0640 e.